The lowest BCUT2D eigenvalue weighted by atomic mass is 10.2. The second kappa shape index (κ2) is 5.97. The number of thiophene rings is 1. The Morgan fingerprint density at radius 3 is 2.60 bits per heavy atom. The first-order chi connectivity index (χ1) is 9.43. The molecule has 0 aliphatic rings. The van der Waals surface area contributed by atoms with E-state index in [0.29, 0.717) is 18.5 Å². The van der Waals surface area contributed by atoms with Gasteiger partial charge in [-0.3, -0.25) is 14.3 Å². The van der Waals surface area contributed by atoms with Gasteiger partial charge in [0, 0.05) is 9.75 Å². The molecular weight excluding hydrogens is 296 g/mol. The van der Waals surface area contributed by atoms with Gasteiger partial charge in [-0.05, 0) is 31.9 Å². The highest BCUT2D eigenvalue weighted by molar-refractivity contribution is 7.12. The molecule has 20 heavy (non-hydrogen) atoms. The minimum Gasteiger partial charge on any atom is -0.297 e. The van der Waals surface area contributed by atoms with Crippen molar-refractivity contribution in [2.75, 3.05) is 0 Å². The second-order valence-corrected chi connectivity index (χ2v) is 6.53. The molecule has 1 N–H and O–H groups in total. The fourth-order valence-corrected chi connectivity index (χ4v) is 3.38. The van der Waals surface area contributed by atoms with Crippen molar-refractivity contribution in [1.29, 1.82) is 0 Å². The van der Waals surface area contributed by atoms with E-state index in [2.05, 4.69) is 4.98 Å². The maximum Gasteiger partial charge on any atom is 0.329 e. The number of hydrogen-bond acceptors (Lipinski definition) is 3. The van der Waals surface area contributed by atoms with Crippen molar-refractivity contribution < 1.29 is 0 Å². The van der Waals surface area contributed by atoms with Crippen LogP contribution in [0.15, 0.2) is 15.7 Å². The van der Waals surface area contributed by atoms with Gasteiger partial charge in [0.25, 0.3) is 5.56 Å². The Hall–Kier alpha value is -1.33. The predicted molar refractivity (Wildman–Crippen MR) is 83.2 cm³/mol. The molecule has 0 amide bonds. The Morgan fingerprint density at radius 1 is 1.35 bits per heavy atom. The van der Waals surface area contributed by atoms with Gasteiger partial charge in [0.2, 0.25) is 0 Å². The summed E-state index contributed by atoms with van der Waals surface area (Å²) in [6.45, 7) is 6.31. The third-order valence-corrected chi connectivity index (χ3v) is 4.72. The maximum atomic E-state index is 12.4. The molecule has 0 saturated carbocycles. The average molecular weight is 313 g/mol. The van der Waals surface area contributed by atoms with Crippen LogP contribution in [0.5, 0.6) is 0 Å². The van der Waals surface area contributed by atoms with Gasteiger partial charge in [-0.2, -0.15) is 0 Å². The van der Waals surface area contributed by atoms with Crippen molar-refractivity contribution in [2.45, 2.75) is 40.2 Å². The Balaban J connectivity index is 2.49. The molecule has 6 heteroatoms. The molecule has 0 aliphatic heterocycles. The minimum atomic E-state index is -0.455. The Bertz CT molecular complexity index is 723. The Labute approximate surface area is 126 Å². The molecule has 0 fully saturated rings. The van der Waals surface area contributed by atoms with E-state index in [0.717, 1.165) is 11.3 Å². The van der Waals surface area contributed by atoms with Crippen LogP contribution in [0.25, 0.3) is 0 Å². The van der Waals surface area contributed by atoms with Gasteiger partial charge in [-0.25, -0.2) is 4.79 Å². The molecule has 0 atom stereocenters. The minimum absolute atomic E-state index is 0.164. The van der Waals surface area contributed by atoms with Crippen LogP contribution in [-0.4, -0.2) is 9.55 Å². The maximum absolute atomic E-state index is 12.4. The first kappa shape index (κ1) is 15.1. The summed E-state index contributed by atoms with van der Waals surface area (Å²) in [5, 5.41) is 0.164. The van der Waals surface area contributed by atoms with Crippen molar-refractivity contribution in [3.8, 4) is 0 Å². The average Bonchev–Trinajstić information content (AvgIpc) is 2.69. The lowest BCUT2D eigenvalue weighted by Crippen LogP contribution is -2.37. The van der Waals surface area contributed by atoms with Crippen LogP contribution in [0, 0.1) is 13.8 Å². The number of halogens is 1. The van der Waals surface area contributed by atoms with Gasteiger partial charge in [-0.15, -0.1) is 11.3 Å². The van der Waals surface area contributed by atoms with Crippen molar-refractivity contribution in [3.63, 3.8) is 0 Å². The zero-order valence-electron chi connectivity index (χ0n) is 11.7. The topological polar surface area (TPSA) is 54.9 Å². The molecule has 2 heterocycles. The van der Waals surface area contributed by atoms with Crippen molar-refractivity contribution in [1.82, 2.24) is 9.55 Å². The van der Waals surface area contributed by atoms with E-state index >= 15 is 0 Å². The summed E-state index contributed by atoms with van der Waals surface area (Å²) < 4.78 is 1.22. The summed E-state index contributed by atoms with van der Waals surface area (Å²) in [4.78, 5) is 29.1. The fourth-order valence-electron chi connectivity index (χ4n) is 2.08. The van der Waals surface area contributed by atoms with Crippen LogP contribution in [0.3, 0.4) is 0 Å². The number of nitrogens with zero attached hydrogens (tertiary/aromatic N) is 1. The summed E-state index contributed by atoms with van der Waals surface area (Å²) in [5.41, 5.74) is 0.920. The molecule has 0 spiro atoms. The summed E-state index contributed by atoms with van der Waals surface area (Å²) in [6, 6.07) is 2.01. The number of H-pyrrole nitrogens is 1. The van der Waals surface area contributed by atoms with E-state index in [9.17, 15) is 9.59 Å². The van der Waals surface area contributed by atoms with Crippen molar-refractivity contribution in [2.24, 2.45) is 0 Å². The standard InChI is InChI=1S/C14H17ClN2O2S/c1-4-5-11-12(15)16-14(19)17(13(11)18)7-10-6-8(2)9(3)20-10/h6H,4-5,7H2,1-3H3,(H,16,19). The second-order valence-electron chi connectivity index (χ2n) is 4.82. The third kappa shape index (κ3) is 2.88. The largest absolute Gasteiger partial charge is 0.329 e. The van der Waals surface area contributed by atoms with Gasteiger partial charge >= 0.3 is 5.69 Å². The number of hydrogen-bond donors (Lipinski definition) is 1. The molecule has 0 saturated heterocycles. The van der Waals surface area contributed by atoms with Crippen LogP contribution < -0.4 is 11.2 Å². The van der Waals surface area contributed by atoms with Gasteiger partial charge in [-0.1, -0.05) is 24.9 Å². The van der Waals surface area contributed by atoms with Crippen LogP contribution in [0.1, 0.15) is 34.2 Å². The number of aromatic amines is 1. The molecule has 0 aliphatic carbocycles. The SMILES string of the molecule is CCCc1c(Cl)[nH]c(=O)n(Cc2cc(C)c(C)s2)c1=O. The van der Waals surface area contributed by atoms with Gasteiger partial charge in [0.15, 0.2) is 0 Å². The summed E-state index contributed by atoms with van der Waals surface area (Å²) in [5.74, 6) is 0. The van der Waals surface area contributed by atoms with E-state index in [4.69, 9.17) is 11.6 Å². The molecule has 0 radical (unpaired) electrons. The molecule has 2 aromatic rings. The normalized spacial score (nSPS) is 11.0. The van der Waals surface area contributed by atoms with Crippen LogP contribution in [-0.2, 0) is 13.0 Å². The summed E-state index contributed by atoms with van der Waals surface area (Å²) in [7, 11) is 0. The summed E-state index contributed by atoms with van der Waals surface area (Å²) >= 11 is 7.56. The zero-order chi connectivity index (χ0) is 14.9. The molecule has 2 rings (SSSR count). The van der Waals surface area contributed by atoms with E-state index in [-0.39, 0.29) is 10.7 Å². The third-order valence-electron chi connectivity index (χ3n) is 3.26. The highest BCUT2D eigenvalue weighted by atomic mass is 35.5. The van der Waals surface area contributed by atoms with Crippen LogP contribution in [0.4, 0.5) is 0 Å². The smallest absolute Gasteiger partial charge is 0.297 e. The Kier molecular flexibility index (Phi) is 4.50. The molecular formula is C14H17ClN2O2S. The lowest BCUT2D eigenvalue weighted by Gasteiger charge is -2.07. The molecule has 4 nitrogen and oxygen atoms in total. The molecule has 0 unspecified atom stereocenters. The van der Waals surface area contributed by atoms with Gasteiger partial charge in [0.05, 0.1) is 12.1 Å². The highest BCUT2D eigenvalue weighted by Crippen LogP contribution is 2.20. The predicted octanol–water partition coefficient (Wildman–Crippen LogP) is 2.87. The van der Waals surface area contributed by atoms with Crippen LogP contribution in [0.2, 0.25) is 5.15 Å². The van der Waals surface area contributed by atoms with Crippen LogP contribution >= 0.6 is 22.9 Å². The van der Waals surface area contributed by atoms with E-state index in [1.165, 1.54) is 15.0 Å². The monoisotopic (exact) mass is 312 g/mol. The fraction of sp³-hybridized carbons (Fsp3) is 0.429. The van der Waals surface area contributed by atoms with Gasteiger partial charge in [0.1, 0.15) is 5.15 Å². The number of aryl methyl sites for hydroxylation is 2. The molecule has 2 aromatic heterocycles. The van der Waals surface area contributed by atoms with E-state index in [1.54, 1.807) is 11.3 Å². The quantitative estimate of drug-likeness (QED) is 0.883. The van der Waals surface area contributed by atoms with E-state index < -0.39 is 5.69 Å². The highest BCUT2D eigenvalue weighted by Gasteiger charge is 2.13. The molecule has 108 valence electrons. The van der Waals surface area contributed by atoms with Crippen molar-refractivity contribution in [3.05, 3.63) is 52.9 Å². The first-order valence-corrected chi connectivity index (χ1v) is 7.70. The van der Waals surface area contributed by atoms with E-state index in [1.807, 2.05) is 26.8 Å². The number of aromatic nitrogens is 2. The van der Waals surface area contributed by atoms with Gasteiger partial charge < -0.3 is 0 Å². The molecule has 0 aromatic carbocycles. The van der Waals surface area contributed by atoms with Crippen molar-refractivity contribution >= 4 is 22.9 Å². The number of nitrogens with one attached hydrogen (secondary N) is 1. The molecule has 0 bridgehead atoms. The lowest BCUT2D eigenvalue weighted by molar-refractivity contribution is 0.687. The Morgan fingerprint density at radius 2 is 2.05 bits per heavy atom. The zero-order valence-corrected chi connectivity index (χ0v) is 13.3. The number of rotatable bonds is 4. The summed E-state index contributed by atoms with van der Waals surface area (Å²) in [6.07, 6.45) is 1.37. The first-order valence-electron chi connectivity index (χ1n) is 6.51.